The molecule has 1 N–H and O–H groups in total. The van der Waals surface area contributed by atoms with Crippen LogP contribution in [0, 0.1) is 0 Å². The summed E-state index contributed by atoms with van der Waals surface area (Å²) < 4.78 is 36.9. The Morgan fingerprint density at radius 3 is 2.43 bits per heavy atom. The van der Waals surface area contributed by atoms with E-state index in [1.807, 2.05) is 16.3 Å². The minimum Gasteiger partial charge on any atom is -0.345 e. The molecule has 1 heterocycles. The summed E-state index contributed by atoms with van der Waals surface area (Å²) in [7, 11) is 0. The van der Waals surface area contributed by atoms with Gasteiger partial charge in [-0.15, -0.1) is 0 Å². The van der Waals surface area contributed by atoms with E-state index >= 15 is 0 Å². The molecule has 1 aromatic rings. The van der Waals surface area contributed by atoms with E-state index < -0.39 is 24.7 Å². The number of carbonyl (C=O) groups excluding carboxylic acids is 1. The monoisotopic (exact) mass is 318 g/mol. The minimum absolute atomic E-state index is 0.592. The van der Waals surface area contributed by atoms with Gasteiger partial charge in [0.25, 0.3) is 0 Å². The predicted molar refractivity (Wildman–Crippen MR) is 77.1 cm³/mol. The van der Waals surface area contributed by atoms with E-state index in [4.69, 9.17) is 0 Å². The number of amides is 1. The van der Waals surface area contributed by atoms with Gasteiger partial charge in [0.1, 0.15) is 12.6 Å². The molecular formula is C14H17F3N2OS. The molecule has 0 bridgehead atoms. The zero-order valence-corrected chi connectivity index (χ0v) is 12.2. The molecule has 2 rings (SSSR count). The third-order valence-electron chi connectivity index (χ3n) is 3.24. The van der Waals surface area contributed by atoms with Crippen molar-refractivity contribution < 1.29 is 18.0 Å². The summed E-state index contributed by atoms with van der Waals surface area (Å²) >= 11 is 1.79. The molecule has 1 saturated heterocycles. The number of benzene rings is 1. The largest absolute Gasteiger partial charge is 0.405 e. The molecule has 21 heavy (non-hydrogen) atoms. The molecule has 1 aliphatic heterocycles. The third kappa shape index (κ3) is 4.93. The van der Waals surface area contributed by atoms with Gasteiger partial charge in [-0.3, -0.25) is 9.69 Å². The molecule has 7 heteroatoms. The number of carbonyl (C=O) groups is 1. The quantitative estimate of drug-likeness (QED) is 0.925. The molecule has 1 atom stereocenters. The second-order valence-electron chi connectivity index (χ2n) is 4.79. The van der Waals surface area contributed by atoms with Crippen molar-refractivity contribution in [2.45, 2.75) is 12.2 Å². The zero-order chi connectivity index (χ0) is 15.3. The van der Waals surface area contributed by atoms with Crippen molar-refractivity contribution in [2.24, 2.45) is 0 Å². The molecular weight excluding hydrogens is 301 g/mol. The Labute approximate surface area is 125 Å². The molecule has 0 saturated carbocycles. The van der Waals surface area contributed by atoms with E-state index in [1.54, 1.807) is 36.0 Å². The van der Waals surface area contributed by atoms with Crippen LogP contribution in [-0.2, 0) is 4.79 Å². The van der Waals surface area contributed by atoms with Crippen LogP contribution < -0.4 is 5.32 Å². The molecule has 0 radical (unpaired) electrons. The maximum absolute atomic E-state index is 12.3. The molecule has 1 aromatic carbocycles. The number of hydrogen-bond donors (Lipinski definition) is 1. The lowest BCUT2D eigenvalue weighted by molar-refractivity contribution is -0.141. The highest BCUT2D eigenvalue weighted by atomic mass is 32.2. The topological polar surface area (TPSA) is 32.3 Å². The SMILES string of the molecule is O=C(NCC(F)(F)F)C(c1ccccc1)N1CCSCC1. The Morgan fingerprint density at radius 2 is 1.86 bits per heavy atom. The summed E-state index contributed by atoms with van der Waals surface area (Å²) in [5, 5.41) is 2.01. The van der Waals surface area contributed by atoms with Crippen LogP contribution in [0.4, 0.5) is 13.2 Å². The molecule has 1 amide bonds. The van der Waals surface area contributed by atoms with Crippen molar-refractivity contribution in [1.29, 1.82) is 0 Å². The Bertz CT molecular complexity index is 461. The number of rotatable bonds is 4. The van der Waals surface area contributed by atoms with Crippen molar-refractivity contribution in [3.05, 3.63) is 35.9 Å². The number of hydrogen-bond acceptors (Lipinski definition) is 3. The predicted octanol–water partition coefficient (Wildman–Crippen LogP) is 2.46. The van der Waals surface area contributed by atoms with Crippen LogP contribution in [0.15, 0.2) is 30.3 Å². The number of nitrogens with zero attached hydrogens (tertiary/aromatic N) is 1. The van der Waals surface area contributed by atoms with Gasteiger partial charge in [-0.05, 0) is 5.56 Å². The van der Waals surface area contributed by atoms with Crippen LogP contribution in [0.2, 0.25) is 0 Å². The van der Waals surface area contributed by atoms with E-state index in [2.05, 4.69) is 0 Å². The van der Waals surface area contributed by atoms with Gasteiger partial charge >= 0.3 is 6.18 Å². The van der Waals surface area contributed by atoms with Gasteiger partial charge < -0.3 is 5.32 Å². The van der Waals surface area contributed by atoms with Gasteiger partial charge in [0, 0.05) is 24.6 Å². The van der Waals surface area contributed by atoms with Crippen molar-refractivity contribution in [3.8, 4) is 0 Å². The first kappa shape index (κ1) is 16.2. The second kappa shape index (κ2) is 7.17. The van der Waals surface area contributed by atoms with Crippen molar-refractivity contribution in [1.82, 2.24) is 10.2 Å². The standard InChI is InChI=1S/C14H17F3N2OS/c15-14(16,17)10-18-13(20)12(11-4-2-1-3-5-11)19-6-8-21-9-7-19/h1-5,12H,6-10H2,(H,18,20). The Morgan fingerprint density at radius 1 is 1.24 bits per heavy atom. The molecule has 116 valence electrons. The first-order chi connectivity index (χ1) is 9.97. The van der Waals surface area contributed by atoms with E-state index in [0.717, 1.165) is 17.1 Å². The average molecular weight is 318 g/mol. The zero-order valence-electron chi connectivity index (χ0n) is 11.4. The van der Waals surface area contributed by atoms with Gasteiger partial charge in [-0.1, -0.05) is 30.3 Å². The summed E-state index contributed by atoms with van der Waals surface area (Å²) in [5.41, 5.74) is 0.726. The van der Waals surface area contributed by atoms with Crippen LogP contribution in [0.5, 0.6) is 0 Å². The maximum Gasteiger partial charge on any atom is 0.405 e. The van der Waals surface area contributed by atoms with Crippen LogP contribution in [0.3, 0.4) is 0 Å². The van der Waals surface area contributed by atoms with Gasteiger partial charge in [0.2, 0.25) is 5.91 Å². The molecule has 1 aliphatic rings. The van der Waals surface area contributed by atoms with Gasteiger partial charge in [-0.25, -0.2) is 0 Å². The summed E-state index contributed by atoms with van der Waals surface area (Å²) in [6.07, 6.45) is -4.39. The van der Waals surface area contributed by atoms with E-state index in [9.17, 15) is 18.0 Å². The van der Waals surface area contributed by atoms with Crippen molar-refractivity contribution in [2.75, 3.05) is 31.1 Å². The third-order valence-corrected chi connectivity index (χ3v) is 4.18. The van der Waals surface area contributed by atoms with Crippen LogP contribution >= 0.6 is 11.8 Å². The van der Waals surface area contributed by atoms with Crippen LogP contribution in [0.1, 0.15) is 11.6 Å². The van der Waals surface area contributed by atoms with E-state index in [0.29, 0.717) is 13.1 Å². The summed E-state index contributed by atoms with van der Waals surface area (Å²) in [6, 6.07) is 8.30. The van der Waals surface area contributed by atoms with Gasteiger partial charge in [0.15, 0.2) is 0 Å². The normalized spacial score (nSPS) is 18.2. The number of alkyl halides is 3. The average Bonchev–Trinajstić information content (AvgIpc) is 2.47. The van der Waals surface area contributed by atoms with Crippen molar-refractivity contribution >= 4 is 17.7 Å². The van der Waals surface area contributed by atoms with Gasteiger partial charge in [0.05, 0.1) is 0 Å². The van der Waals surface area contributed by atoms with E-state index in [-0.39, 0.29) is 0 Å². The number of nitrogens with one attached hydrogen (secondary N) is 1. The fraction of sp³-hybridized carbons (Fsp3) is 0.500. The number of halogens is 3. The molecule has 0 aliphatic carbocycles. The highest BCUT2D eigenvalue weighted by Gasteiger charge is 2.33. The lowest BCUT2D eigenvalue weighted by atomic mass is 10.0. The maximum atomic E-state index is 12.3. The lowest BCUT2D eigenvalue weighted by Crippen LogP contribution is -2.46. The lowest BCUT2D eigenvalue weighted by Gasteiger charge is -2.33. The molecule has 1 fully saturated rings. The molecule has 3 nitrogen and oxygen atoms in total. The van der Waals surface area contributed by atoms with Crippen molar-refractivity contribution in [3.63, 3.8) is 0 Å². The summed E-state index contributed by atoms with van der Waals surface area (Å²) in [6.45, 7) is 0.102. The first-order valence-electron chi connectivity index (χ1n) is 6.68. The number of thioether (sulfide) groups is 1. The summed E-state index contributed by atoms with van der Waals surface area (Å²) in [5.74, 6) is 1.18. The fourth-order valence-electron chi connectivity index (χ4n) is 2.28. The van der Waals surface area contributed by atoms with Gasteiger partial charge in [-0.2, -0.15) is 24.9 Å². The molecule has 0 aromatic heterocycles. The smallest absolute Gasteiger partial charge is 0.345 e. The molecule has 1 unspecified atom stereocenters. The van der Waals surface area contributed by atoms with Crippen LogP contribution in [-0.4, -0.2) is 48.1 Å². The Hall–Kier alpha value is -1.21. The van der Waals surface area contributed by atoms with Crippen LogP contribution in [0.25, 0.3) is 0 Å². The Balaban J connectivity index is 2.13. The summed E-state index contributed by atoms with van der Waals surface area (Å²) in [4.78, 5) is 14.2. The fourth-order valence-corrected chi connectivity index (χ4v) is 3.21. The second-order valence-corrected chi connectivity index (χ2v) is 6.02. The highest BCUT2D eigenvalue weighted by Crippen LogP contribution is 2.25. The first-order valence-corrected chi connectivity index (χ1v) is 7.84. The molecule has 0 spiro atoms. The minimum atomic E-state index is -4.39. The highest BCUT2D eigenvalue weighted by molar-refractivity contribution is 7.99. The van der Waals surface area contributed by atoms with E-state index in [1.165, 1.54) is 0 Å². The Kier molecular flexibility index (Phi) is 5.52.